The molecule has 0 aliphatic heterocycles. The van der Waals surface area contributed by atoms with Crippen molar-refractivity contribution in [2.24, 2.45) is 0 Å². The number of carbonyl (C=O) groups excluding carboxylic acids is 1. The Hall–Kier alpha value is -1.75. The highest BCUT2D eigenvalue weighted by Crippen LogP contribution is 2.24. The number of carboxylic acids is 1. The first-order valence-electron chi connectivity index (χ1n) is 6.23. The van der Waals surface area contributed by atoms with Crippen LogP contribution in [-0.2, 0) is 4.79 Å². The molecule has 1 amide bonds. The molecule has 5 nitrogen and oxygen atoms in total. The van der Waals surface area contributed by atoms with Gasteiger partial charge in [0.25, 0.3) is 5.91 Å². The summed E-state index contributed by atoms with van der Waals surface area (Å²) in [5.74, 6) is -1.26. The van der Waals surface area contributed by atoms with Crippen molar-refractivity contribution >= 4 is 23.5 Å². The van der Waals surface area contributed by atoms with Gasteiger partial charge in [0.2, 0.25) is 0 Å². The van der Waals surface area contributed by atoms with E-state index in [1.54, 1.807) is 12.1 Å². The predicted octanol–water partition coefficient (Wildman–Crippen LogP) is 2.72. The standard InChI is InChI=1S/C14H18ClNO4/c1-4-7-14(2,13(18)19)16-12(17)10-8-9(15)5-6-11(10)20-3/h5-6,8H,4,7H2,1-3H3,(H,16,17)(H,18,19). The number of halogens is 1. The van der Waals surface area contributed by atoms with Crippen molar-refractivity contribution in [2.45, 2.75) is 32.2 Å². The molecule has 0 spiro atoms. The van der Waals surface area contributed by atoms with Gasteiger partial charge in [0.1, 0.15) is 11.3 Å². The van der Waals surface area contributed by atoms with E-state index in [2.05, 4.69) is 5.32 Å². The fourth-order valence-corrected chi connectivity index (χ4v) is 2.07. The van der Waals surface area contributed by atoms with E-state index >= 15 is 0 Å². The van der Waals surface area contributed by atoms with Crippen molar-refractivity contribution in [1.82, 2.24) is 5.32 Å². The highest BCUT2D eigenvalue weighted by molar-refractivity contribution is 6.31. The first-order valence-corrected chi connectivity index (χ1v) is 6.61. The van der Waals surface area contributed by atoms with Gasteiger partial charge >= 0.3 is 5.97 Å². The lowest BCUT2D eigenvalue weighted by Gasteiger charge is -2.26. The second kappa shape index (κ2) is 6.61. The van der Waals surface area contributed by atoms with Crippen LogP contribution in [0.4, 0.5) is 0 Å². The molecule has 1 aromatic carbocycles. The second-order valence-corrected chi connectivity index (χ2v) is 5.12. The number of benzene rings is 1. The molecule has 1 rings (SSSR count). The molecule has 6 heteroatoms. The average molecular weight is 300 g/mol. The molecular formula is C14H18ClNO4. The molecule has 0 aliphatic rings. The summed E-state index contributed by atoms with van der Waals surface area (Å²) in [4.78, 5) is 23.6. The van der Waals surface area contributed by atoms with Crippen LogP contribution < -0.4 is 10.1 Å². The summed E-state index contributed by atoms with van der Waals surface area (Å²) in [5, 5.41) is 12.2. The van der Waals surface area contributed by atoms with Gasteiger partial charge in [-0.2, -0.15) is 0 Å². The quantitative estimate of drug-likeness (QED) is 0.847. The Morgan fingerprint density at radius 2 is 2.10 bits per heavy atom. The minimum Gasteiger partial charge on any atom is -0.496 e. The second-order valence-electron chi connectivity index (χ2n) is 4.69. The zero-order valence-corrected chi connectivity index (χ0v) is 12.5. The number of amides is 1. The van der Waals surface area contributed by atoms with E-state index in [0.717, 1.165) is 0 Å². The highest BCUT2D eigenvalue weighted by Gasteiger charge is 2.34. The van der Waals surface area contributed by atoms with Crippen molar-refractivity contribution in [3.05, 3.63) is 28.8 Å². The summed E-state index contributed by atoms with van der Waals surface area (Å²) in [5.41, 5.74) is -1.11. The van der Waals surface area contributed by atoms with Crippen LogP contribution in [0.1, 0.15) is 37.0 Å². The smallest absolute Gasteiger partial charge is 0.329 e. The molecule has 0 saturated carbocycles. The first kappa shape index (κ1) is 16.3. The third-order valence-corrected chi connectivity index (χ3v) is 3.25. The van der Waals surface area contributed by atoms with Gasteiger partial charge in [0, 0.05) is 5.02 Å². The fraction of sp³-hybridized carbons (Fsp3) is 0.429. The van der Waals surface area contributed by atoms with Crippen LogP contribution in [0.5, 0.6) is 5.75 Å². The Bertz CT molecular complexity index is 518. The minimum absolute atomic E-state index is 0.212. The monoisotopic (exact) mass is 299 g/mol. The Labute approximate surface area is 122 Å². The van der Waals surface area contributed by atoms with Crippen molar-refractivity contribution in [3.63, 3.8) is 0 Å². The molecule has 0 fully saturated rings. The number of rotatable bonds is 6. The van der Waals surface area contributed by atoms with Gasteiger partial charge in [-0.25, -0.2) is 4.79 Å². The van der Waals surface area contributed by atoms with Crippen LogP contribution in [0.25, 0.3) is 0 Å². The van der Waals surface area contributed by atoms with Crippen molar-refractivity contribution in [1.29, 1.82) is 0 Å². The molecule has 2 N–H and O–H groups in total. The maximum Gasteiger partial charge on any atom is 0.329 e. The van der Waals surface area contributed by atoms with E-state index < -0.39 is 17.4 Å². The Balaban J connectivity index is 3.06. The third-order valence-electron chi connectivity index (χ3n) is 3.02. The van der Waals surface area contributed by atoms with Crippen LogP contribution in [0.3, 0.4) is 0 Å². The molecule has 0 aliphatic carbocycles. The van der Waals surface area contributed by atoms with Gasteiger partial charge in [-0.05, 0) is 31.5 Å². The minimum atomic E-state index is -1.32. The van der Waals surface area contributed by atoms with Gasteiger partial charge in [-0.15, -0.1) is 0 Å². The maximum atomic E-state index is 12.3. The zero-order chi connectivity index (χ0) is 15.3. The van der Waals surface area contributed by atoms with Gasteiger partial charge in [0.15, 0.2) is 0 Å². The largest absolute Gasteiger partial charge is 0.496 e. The lowest BCUT2D eigenvalue weighted by Crippen LogP contribution is -2.52. The number of hydrogen-bond donors (Lipinski definition) is 2. The van der Waals surface area contributed by atoms with Crippen LogP contribution >= 0.6 is 11.6 Å². The van der Waals surface area contributed by atoms with Crippen molar-refractivity contribution in [2.75, 3.05) is 7.11 Å². The molecule has 110 valence electrons. The lowest BCUT2D eigenvalue weighted by atomic mass is 9.95. The van der Waals surface area contributed by atoms with Crippen LogP contribution in [0, 0.1) is 0 Å². The summed E-state index contributed by atoms with van der Waals surface area (Å²) in [6.45, 7) is 3.33. The van der Waals surface area contributed by atoms with E-state index in [0.29, 0.717) is 23.6 Å². The summed E-state index contributed by atoms with van der Waals surface area (Å²) >= 11 is 5.86. The van der Waals surface area contributed by atoms with E-state index in [4.69, 9.17) is 16.3 Å². The molecule has 0 saturated heterocycles. The number of methoxy groups -OCH3 is 1. The van der Waals surface area contributed by atoms with Crippen LogP contribution in [0.15, 0.2) is 18.2 Å². The SMILES string of the molecule is CCCC(C)(NC(=O)c1cc(Cl)ccc1OC)C(=O)O. The maximum absolute atomic E-state index is 12.3. The Kier molecular flexibility index (Phi) is 5.39. The summed E-state index contributed by atoms with van der Waals surface area (Å²) < 4.78 is 5.09. The summed E-state index contributed by atoms with van der Waals surface area (Å²) in [6.07, 6.45) is 0.965. The summed E-state index contributed by atoms with van der Waals surface area (Å²) in [7, 11) is 1.43. The number of nitrogens with one attached hydrogen (secondary N) is 1. The van der Waals surface area contributed by atoms with E-state index in [-0.39, 0.29) is 5.56 Å². The van der Waals surface area contributed by atoms with Gasteiger partial charge in [-0.3, -0.25) is 4.79 Å². The van der Waals surface area contributed by atoms with Gasteiger partial charge in [0.05, 0.1) is 12.7 Å². The van der Waals surface area contributed by atoms with Crippen molar-refractivity contribution in [3.8, 4) is 5.75 Å². The number of hydrogen-bond acceptors (Lipinski definition) is 3. The number of carbonyl (C=O) groups is 2. The fourth-order valence-electron chi connectivity index (χ4n) is 1.90. The predicted molar refractivity (Wildman–Crippen MR) is 76.4 cm³/mol. The van der Waals surface area contributed by atoms with Crippen LogP contribution in [-0.4, -0.2) is 29.6 Å². The Morgan fingerprint density at radius 3 is 2.60 bits per heavy atom. The molecule has 1 unspecified atom stereocenters. The topological polar surface area (TPSA) is 75.6 Å². The molecule has 0 radical (unpaired) electrons. The number of carboxylic acid groups (broad SMARTS) is 1. The Morgan fingerprint density at radius 1 is 1.45 bits per heavy atom. The molecule has 0 bridgehead atoms. The molecule has 0 heterocycles. The molecule has 0 aromatic heterocycles. The molecule has 20 heavy (non-hydrogen) atoms. The zero-order valence-electron chi connectivity index (χ0n) is 11.7. The molecule has 1 atom stereocenters. The van der Waals surface area contributed by atoms with Crippen LogP contribution in [0.2, 0.25) is 5.02 Å². The van der Waals surface area contributed by atoms with Gasteiger partial charge in [-0.1, -0.05) is 24.9 Å². The molecular weight excluding hydrogens is 282 g/mol. The molecule has 1 aromatic rings. The number of aliphatic carboxylic acids is 1. The normalized spacial score (nSPS) is 13.4. The number of ether oxygens (including phenoxy) is 1. The first-order chi connectivity index (χ1) is 9.34. The summed E-state index contributed by atoms with van der Waals surface area (Å²) in [6, 6.07) is 4.61. The van der Waals surface area contributed by atoms with Crippen molar-refractivity contribution < 1.29 is 19.4 Å². The average Bonchev–Trinajstić information content (AvgIpc) is 2.38. The van der Waals surface area contributed by atoms with E-state index in [1.165, 1.54) is 20.1 Å². The lowest BCUT2D eigenvalue weighted by molar-refractivity contribution is -0.144. The highest BCUT2D eigenvalue weighted by atomic mass is 35.5. The van der Waals surface area contributed by atoms with Gasteiger partial charge < -0.3 is 15.2 Å². The third kappa shape index (κ3) is 3.63. The van der Waals surface area contributed by atoms with E-state index in [9.17, 15) is 14.7 Å². The van der Waals surface area contributed by atoms with E-state index in [1.807, 2.05) is 6.92 Å².